The van der Waals surface area contributed by atoms with Gasteiger partial charge in [0.15, 0.2) is 0 Å². The Morgan fingerprint density at radius 3 is 1.39 bits per heavy atom. The average molecular weight is 725 g/mol. The molecule has 0 spiro atoms. The lowest BCUT2D eigenvalue weighted by Gasteiger charge is -2.37. The third-order valence-corrected chi connectivity index (χ3v) is 12.4. The fraction of sp³-hybridized carbons (Fsp3) is 0.0182. The van der Waals surface area contributed by atoms with Gasteiger partial charge in [-0.25, -0.2) is 0 Å². The second kappa shape index (κ2) is 12.3. The number of rotatable bonds is 5. The van der Waals surface area contributed by atoms with Crippen LogP contribution in [0.2, 0.25) is 0 Å². The molecular weight excluding hydrogens is 689 g/mol. The van der Waals surface area contributed by atoms with Gasteiger partial charge in [0.1, 0.15) is 5.54 Å². The van der Waals surface area contributed by atoms with Crippen LogP contribution in [0.25, 0.3) is 65.3 Å². The fourth-order valence-corrected chi connectivity index (χ4v) is 10.1. The standard InChI is InChI=1S/C55H36N2/c1-4-22-41-37(16-1)19-13-30-48(41)55(49-28-10-7-25-44(49)45-26-8-11-29-50(45)55)57-53-31-12-9-27-46(53)47-35-34-40(36-54(47)57)56(51-32-14-20-38-17-2-5-23-42(38)51)52-33-15-21-39-18-3-6-24-43(39)52/h1-36H. The first kappa shape index (κ1) is 31.9. The van der Waals surface area contributed by atoms with Gasteiger partial charge in [-0.05, 0) is 79.7 Å². The summed E-state index contributed by atoms with van der Waals surface area (Å²) in [6, 6.07) is 80.8. The molecule has 0 radical (unpaired) electrons. The van der Waals surface area contributed by atoms with E-state index in [-0.39, 0.29) is 0 Å². The van der Waals surface area contributed by atoms with E-state index in [1.807, 2.05) is 0 Å². The van der Waals surface area contributed by atoms with Crippen molar-refractivity contribution in [2.45, 2.75) is 5.54 Å². The molecule has 0 aliphatic heterocycles. The molecular formula is C55H36N2. The lowest BCUT2D eigenvalue weighted by atomic mass is 9.77. The van der Waals surface area contributed by atoms with Crippen molar-refractivity contribution in [3.63, 3.8) is 0 Å². The molecule has 2 heteroatoms. The molecule has 266 valence electrons. The number of benzene rings is 10. The van der Waals surface area contributed by atoms with Gasteiger partial charge in [-0.3, -0.25) is 0 Å². The average Bonchev–Trinajstić information content (AvgIpc) is 3.76. The van der Waals surface area contributed by atoms with Crippen molar-refractivity contribution in [3.8, 4) is 11.1 Å². The molecule has 0 bridgehead atoms. The minimum absolute atomic E-state index is 0.683. The number of aromatic nitrogens is 1. The van der Waals surface area contributed by atoms with Crippen LogP contribution in [0.3, 0.4) is 0 Å². The van der Waals surface area contributed by atoms with Crippen LogP contribution in [-0.2, 0) is 5.54 Å². The summed E-state index contributed by atoms with van der Waals surface area (Å²) in [4.78, 5) is 2.48. The van der Waals surface area contributed by atoms with Crippen molar-refractivity contribution in [2.75, 3.05) is 4.90 Å². The Hall–Kier alpha value is -7.42. The number of anilines is 3. The summed E-state index contributed by atoms with van der Waals surface area (Å²) in [5.41, 5.74) is 11.5. The van der Waals surface area contributed by atoms with E-state index in [0.29, 0.717) is 0 Å². The maximum absolute atomic E-state index is 2.68. The van der Waals surface area contributed by atoms with Crippen molar-refractivity contribution in [1.82, 2.24) is 4.57 Å². The normalized spacial score (nSPS) is 13.1. The molecule has 0 saturated carbocycles. The highest BCUT2D eigenvalue weighted by atomic mass is 15.2. The first-order chi connectivity index (χ1) is 28.3. The highest BCUT2D eigenvalue weighted by molar-refractivity contribution is 6.12. The number of para-hydroxylation sites is 1. The molecule has 1 heterocycles. The summed E-state index contributed by atoms with van der Waals surface area (Å²) in [5.74, 6) is 0. The number of nitrogens with zero attached hydrogens (tertiary/aromatic N) is 2. The predicted molar refractivity (Wildman–Crippen MR) is 240 cm³/mol. The molecule has 1 aliphatic rings. The zero-order valence-corrected chi connectivity index (χ0v) is 31.2. The van der Waals surface area contributed by atoms with Crippen molar-refractivity contribution >= 4 is 71.2 Å². The number of hydrogen-bond acceptors (Lipinski definition) is 1. The monoisotopic (exact) mass is 724 g/mol. The molecule has 0 saturated heterocycles. The minimum Gasteiger partial charge on any atom is -0.322 e. The van der Waals surface area contributed by atoms with Crippen molar-refractivity contribution in [2.24, 2.45) is 0 Å². The van der Waals surface area contributed by atoms with E-state index in [9.17, 15) is 0 Å². The first-order valence-corrected chi connectivity index (χ1v) is 19.8. The van der Waals surface area contributed by atoms with E-state index in [0.717, 1.165) is 17.1 Å². The van der Waals surface area contributed by atoms with E-state index in [2.05, 4.69) is 228 Å². The van der Waals surface area contributed by atoms with Crippen LogP contribution in [0.15, 0.2) is 218 Å². The van der Waals surface area contributed by atoms with E-state index in [4.69, 9.17) is 0 Å². The van der Waals surface area contributed by atoms with Crippen LogP contribution in [0, 0.1) is 0 Å². The summed E-state index contributed by atoms with van der Waals surface area (Å²) in [7, 11) is 0. The predicted octanol–water partition coefficient (Wildman–Crippen LogP) is 14.5. The highest BCUT2D eigenvalue weighted by Gasteiger charge is 2.48. The van der Waals surface area contributed by atoms with Gasteiger partial charge in [0.05, 0.1) is 22.4 Å². The van der Waals surface area contributed by atoms with E-state index < -0.39 is 5.54 Å². The third kappa shape index (κ3) is 4.47. The molecule has 2 nitrogen and oxygen atoms in total. The highest BCUT2D eigenvalue weighted by Crippen LogP contribution is 2.57. The Labute approximate surface area is 331 Å². The van der Waals surface area contributed by atoms with Crippen LogP contribution in [0.4, 0.5) is 17.1 Å². The van der Waals surface area contributed by atoms with E-state index in [1.165, 1.54) is 81.9 Å². The molecule has 0 amide bonds. The van der Waals surface area contributed by atoms with Crippen molar-refractivity contribution in [3.05, 3.63) is 235 Å². The Balaban J connectivity index is 1.26. The van der Waals surface area contributed by atoms with Gasteiger partial charge in [-0.1, -0.05) is 188 Å². The van der Waals surface area contributed by atoms with Crippen LogP contribution in [-0.4, -0.2) is 4.57 Å². The first-order valence-electron chi connectivity index (χ1n) is 19.8. The van der Waals surface area contributed by atoms with Gasteiger partial charge >= 0.3 is 0 Å². The molecule has 10 aromatic carbocycles. The maximum atomic E-state index is 2.68. The minimum atomic E-state index is -0.683. The molecule has 1 aromatic heterocycles. The Morgan fingerprint density at radius 2 is 0.754 bits per heavy atom. The lowest BCUT2D eigenvalue weighted by molar-refractivity contribution is 0.568. The summed E-state index contributed by atoms with van der Waals surface area (Å²) in [6.45, 7) is 0. The van der Waals surface area contributed by atoms with Gasteiger partial charge in [-0.2, -0.15) is 0 Å². The molecule has 1 aliphatic carbocycles. The van der Waals surface area contributed by atoms with Crippen LogP contribution < -0.4 is 4.90 Å². The van der Waals surface area contributed by atoms with Gasteiger partial charge in [0, 0.05) is 27.2 Å². The zero-order chi connectivity index (χ0) is 37.5. The van der Waals surface area contributed by atoms with Gasteiger partial charge in [0.25, 0.3) is 0 Å². The van der Waals surface area contributed by atoms with E-state index in [1.54, 1.807) is 0 Å². The number of fused-ring (bicyclic) bond motifs is 9. The summed E-state index contributed by atoms with van der Waals surface area (Å²) in [5, 5.41) is 9.79. The largest absolute Gasteiger partial charge is 0.322 e. The molecule has 0 N–H and O–H groups in total. The Morgan fingerprint density at radius 1 is 0.316 bits per heavy atom. The van der Waals surface area contributed by atoms with Crippen molar-refractivity contribution in [1.29, 1.82) is 0 Å². The van der Waals surface area contributed by atoms with Crippen molar-refractivity contribution < 1.29 is 0 Å². The van der Waals surface area contributed by atoms with Gasteiger partial charge in [0.2, 0.25) is 0 Å². The Kier molecular flexibility index (Phi) is 6.88. The Bertz CT molecular complexity index is 3250. The second-order valence-electron chi connectivity index (χ2n) is 15.2. The second-order valence-corrected chi connectivity index (χ2v) is 15.2. The molecule has 0 unspecified atom stereocenters. The SMILES string of the molecule is c1ccc2c(c1)-c1ccccc1C2(c1cccc2ccccc12)n1c2ccccc2c2ccc(N(c3cccc4ccccc34)c3cccc4ccccc34)cc21. The smallest absolute Gasteiger partial charge is 0.123 e. The summed E-state index contributed by atoms with van der Waals surface area (Å²) >= 11 is 0. The molecule has 11 aromatic rings. The van der Waals surface area contributed by atoms with Crippen LogP contribution in [0.1, 0.15) is 16.7 Å². The quantitative estimate of drug-likeness (QED) is 0.172. The van der Waals surface area contributed by atoms with E-state index >= 15 is 0 Å². The lowest BCUT2D eigenvalue weighted by Crippen LogP contribution is -2.36. The summed E-state index contributed by atoms with van der Waals surface area (Å²) in [6.07, 6.45) is 0. The van der Waals surface area contributed by atoms with Crippen LogP contribution >= 0.6 is 0 Å². The topological polar surface area (TPSA) is 8.17 Å². The number of hydrogen-bond donors (Lipinski definition) is 0. The molecule has 57 heavy (non-hydrogen) atoms. The molecule has 0 fully saturated rings. The third-order valence-electron chi connectivity index (χ3n) is 12.4. The van der Waals surface area contributed by atoms with Crippen LogP contribution in [0.5, 0.6) is 0 Å². The molecule has 12 rings (SSSR count). The fourth-order valence-electron chi connectivity index (χ4n) is 10.1. The zero-order valence-electron chi connectivity index (χ0n) is 31.2. The maximum Gasteiger partial charge on any atom is 0.123 e. The van der Waals surface area contributed by atoms with Gasteiger partial charge in [-0.15, -0.1) is 0 Å². The van der Waals surface area contributed by atoms with Gasteiger partial charge < -0.3 is 9.47 Å². The molecule has 0 atom stereocenters. The summed E-state index contributed by atoms with van der Waals surface area (Å²) < 4.78 is 2.68.